The number of rotatable bonds is 5. The van der Waals surface area contributed by atoms with Crippen molar-refractivity contribution in [3.8, 4) is 5.75 Å². The normalized spacial score (nSPS) is 10.2. The second-order valence-corrected chi connectivity index (χ2v) is 5.94. The van der Waals surface area contributed by atoms with Crippen molar-refractivity contribution in [1.82, 2.24) is 0 Å². The molecule has 3 aromatic rings. The number of ether oxygens (including phenoxy) is 1. The van der Waals surface area contributed by atoms with E-state index in [2.05, 4.69) is 5.32 Å². The Morgan fingerprint density at radius 3 is 2.25 bits per heavy atom. The number of amides is 1. The highest BCUT2D eigenvalue weighted by Gasteiger charge is 2.19. The maximum Gasteiger partial charge on any atom is 0.344 e. The van der Waals surface area contributed by atoms with Crippen LogP contribution in [-0.2, 0) is 0 Å². The summed E-state index contributed by atoms with van der Waals surface area (Å²) >= 11 is 0. The molecule has 7 heteroatoms. The largest absolute Gasteiger partial charge is 0.423 e. The number of hydrogen-bond donors (Lipinski definition) is 1. The van der Waals surface area contributed by atoms with Gasteiger partial charge in [0.05, 0.1) is 10.5 Å². The molecule has 0 bridgehead atoms. The van der Waals surface area contributed by atoms with E-state index in [1.807, 2.05) is 6.07 Å². The van der Waals surface area contributed by atoms with Gasteiger partial charge in [-0.1, -0.05) is 24.3 Å². The Balaban J connectivity index is 1.69. The first-order valence-electron chi connectivity index (χ1n) is 8.38. The Labute approximate surface area is 160 Å². The predicted octanol–water partition coefficient (Wildman–Crippen LogP) is 4.37. The second kappa shape index (κ2) is 8.13. The molecule has 0 aliphatic heterocycles. The van der Waals surface area contributed by atoms with Gasteiger partial charge in [-0.2, -0.15) is 0 Å². The summed E-state index contributed by atoms with van der Waals surface area (Å²) in [6.07, 6.45) is 0. The quantitative estimate of drug-likeness (QED) is 0.308. The van der Waals surface area contributed by atoms with Crippen LogP contribution in [0.5, 0.6) is 5.75 Å². The van der Waals surface area contributed by atoms with E-state index < -0.39 is 10.9 Å². The van der Waals surface area contributed by atoms with Crippen molar-refractivity contribution < 1.29 is 19.2 Å². The molecular formula is C21H16N2O5. The Kier molecular flexibility index (Phi) is 5.45. The smallest absolute Gasteiger partial charge is 0.344 e. The number of carbonyl (C=O) groups excluding carboxylic acids is 2. The number of nitrogens with one attached hydrogen (secondary N) is 1. The van der Waals surface area contributed by atoms with Crippen LogP contribution in [0.3, 0.4) is 0 Å². The highest BCUT2D eigenvalue weighted by Crippen LogP contribution is 2.23. The number of nitrogens with zero attached hydrogens (tertiary/aromatic N) is 1. The van der Waals surface area contributed by atoms with Crippen LogP contribution < -0.4 is 10.1 Å². The molecule has 140 valence electrons. The van der Waals surface area contributed by atoms with Crippen molar-refractivity contribution in [1.29, 1.82) is 0 Å². The molecule has 3 rings (SSSR count). The summed E-state index contributed by atoms with van der Waals surface area (Å²) in [6.45, 7) is 1.50. The average Bonchev–Trinajstić information content (AvgIpc) is 2.70. The number of nitro benzene ring substituents is 1. The van der Waals surface area contributed by atoms with Gasteiger partial charge in [0.1, 0.15) is 5.75 Å². The molecular weight excluding hydrogens is 360 g/mol. The van der Waals surface area contributed by atoms with Crippen molar-refractivity contribution in [2.75, 3.05) is 5.32 Å². The molecule has 3 aromatic carbocycles. The van der Waals surface area contributed by atoms with Gasteiger partial charge >= 0.3 is 5.97 Å². The fourth-order valence-corrected chi connectivity index (χ4v) is 2.60. The van der Waals surface area contributed by atoms with Crippen LogP contribution in [0.2, 0.25) is 0 Å². The zero-order valence-corrected chi connectivity index (χ0v) is 14.9. The van der Waals surface area contributed by atoms with Crippen molar-refractivity contribution in [3.05, 3.63) is 99.6 Å². The monoisotopic (exact) mass is 376 g/mol. The number of anilines is 1. The van der Waals surface area contributed by atoms with Gasteiger partial charge < -0.3 is 10.1 Å². The molecule has 0 fully saturated rings. The molecule has 0 saturated heterocycles. The van der Waals surface area contributed by atoms with E-state index in [0.717, 1.165) is 0 Å². The molecule has 0 aliphatic rings. The summed E-state index contributed by atoms with van der Waals surface area (Å²) in [5.41, 5.74) is 1.28. The van der Waals surface area contributed by atoms with Gasteiger partial charge in [-0.25, -0.2) is 4.79 Å². The molecule has 0 saturated carbocycles. The zero-order valence-electron chi connectivity index (χ0n) is 14.9. The fraction of sp³-hybridized carbons (Fsp3) is 0.0476. The summed E-state index contributed by atoms with van der Waals surface area (Å²) in [6, 6.07) is 19.3. The van der Waals surface area contributed by atoms with Gasteiger partial charge in [0, 0.05) is 22.9 Å². The fourth-order valence-electron chi connectivity index (χ4n) is 2.60. The number of hydrogen-bond acceptors (Lipinski definition) is 5. The lowest BCUT2D eigenvalue weighted by molar-refractivity contribution is -0.385. The van der Waals surface area contributed by atoms with Gasteiger partial charge in [0.15, 0.2) is 0 Å². The first-order chi connectivity index (χ1) is 13.5. The minimum absolute atomic E-state index is 0.121. The summed E-state index contributed by atoms with van der Waals surface area (Å²) in [7, 11) is 0. The lowest BCUT2D eigenvalue weighted by atomic mass is 10.1. The Bertz CT molecular complexity index is 1030. The van der Waals surface area contributed by atoms with E-state index in [1.54, 1.807) is 36.4 Å². The maximum absolute atomic E-state index is 12.3. The third-order valence-electron chi connectivity index (χ3n) is 4.08. The molecule has 0 aliphatic carbocycles. The third-order valence-corrected chi connectivity index (χ3v) is 4.08. The van der Waals surface area contributed by atoms with E-state index >= 15 is 0 Å². The third kappa shape index (κ3) is 4.21. The predicted molar refractivity (Wildman–Crippen MR) is 104 cm³/mol. The summed E-state index contributed by atoms with van der Waals surface area (Å²) in [4.78, 5) is 34.9. The van der Waals surface area contributed by atoms with E-state index in [4.69, 9.17) is 4.74 Å². The Hall–Kier alpha value is -4.00. The molecule has 0 aromatic heterocycles. The highest BCUT2D eigenvalue weighted by molar-refractivity contribution is 6.04. The maximum atomic E-state index is 12.3. The van der Waals surface area contributed by atoms with Gasteiger partial charge in [-0.15, -0.1) is 0 Å². The minimum atomic E-state index is -0.692. The van der Waals surface area contributed by atoms with Crippen LogP contribution >= 0.6 is 0 Å². The SMILES string of the molecule is Cc1c(C(=O)Oc2ccc(NC(=O)c3ccccc3)cc2)cccc1[N+](=O)[O-]. The molecule has 7 nitrogen and oxygen atoms in total. The first-order valence-corrected chi connectivity index (χ1v) is 8.38. The van der Waals surface area contributed by atoms with Crippen molar-refractivity contribution in [2.45, 2.75) is 6.92 Å². The Morgan fingerprint density at radius 1 is 0.929 bits per heavy atom. The molecule has 1 amide bonds. The van der Waals surface area contributed by atoms with Crippen LogP contribution in [0.1, 0.15) is 26.3 Å². The van der Waals surface area contributed by atoms with E-state index in [9.17, 15) is 19.7 Å². The van der Waals surface area contributed by atoms with Gasteiger partial charge in [0.25, 0.3) is 11.6 Å². The molecule has 0 radical (unpaired) electrons. The van der Waals surface area contributed by atoms with Crippen LogP contribution in [0.4, 0.5) is 11.4 Å². The molecule has 28 heavy (non-hydrogen) atoms. The van der Waals surface area contributed by atoms with E-state index in [-0.39, 0.29) is 28.5 Å². The number of benzene rings is 3. The minimum Gasteiger partial charge on any atom is -0.423 e. The molecule has 1 N–H and O–H groups in total. The standard InChI is InChI=1S/C21H16N2O5/c1-14-18(8-5-9-19(14)23(26)27)21(25)28-17-12-10-16(11-13-17)22-20(24)15-6-3-2-4-7-15/h2-13H,1H3,(H,22,24). The second-order valence-electron chi connectivity index (χ2n) is 5.94. The molecule has 0 atom stereocenters. The number of esters is 1. The number of carbonyl (C=O) groups is 2. The summed E-state index contributed by atoms with van der Waals surface area (Å²) in [5, 5.41) is 13.7. The van der Waals surface area contributed by atoms with Crippen molar-refractivity contribution in [2.24, 2.45) is 0 Å². The summed E-state index contributed by atoms with van der Waals surface area (Å²) in [5.74, 6) is -0.687. The molecule has 0 unspecified atom stereocenters. The summed E-state index contributed by atoms with van der Waals surface area (Å²) < 4.78 is 5.29. The van der Waals surface area contributed by atoms with Crippen LogP contribution in [0, 0.1) is 17.0 Å². The van der Waals surface area contributed by atoms with Crippen molar-refractivity contribution in [3.63, 3.8) is 0 Å². The van der Waals surface area contributed by atoms with Crippen molar-refractivity contribution >= 4 is 23.3 Å². The van der Waals surface area contributed by atoms with Gasteiger partial charge in [-0.05, 0) is 49.4 Å². The number of nitro groups is 1. The van der Waals surface area contributed by atoms with E-state index in [0.29, 0.717) is 11.3 Å². The average molecular weight is 376 g/mol. The molecule has 0 spiro atoms. The van der Waals surface area contributed by atoms with Gasteiger partial charge in [-0.3, -0.25) is 14.9 Å². The Morgan fingerprint density at radius 2 is 1.61 bits per heavy atom. The zero-order chi connectivity index (χ0) is 20.1. The van der Waals surface area contributed by atoms with Crippen LogP contribution in [0.25, 0.3) is 0 Å². The van der Waals surface area contributed by atoms with Crippen LogP contribution in [-0.4, -0.2) is 16.8 Å². The first kappa shape index (κ1) is 18.8. The lowest BCUT2D eigenvalue weighted by Crippen LogP contribution is -2.12. The topological polar surface area (TPSA) is 98.5 Å². The molecule has 0 heterocycles. The van der Waals surface area contributed by atoms with Crippen LogP contribution in [0.15, 0.2) is 72.8 Å². The van der Waals surface area contributed by atoms with Gasteiger partial charge in [0.2, 0.25) is 0 Å². The highest BCUT2D eigenvalue weighted by atomic mass is 16.6. The van der Waals surface area contributed by atoms with E-state index in [1.165, 1.54) is 37.3 Å². The lowest BCUT2D eigenvalue weighted by Gasteiger charge is -2.09.